The van der Waals surface area contributed by atoms with E-state index in [0.29, 0.717) is 5.02 Å². The van der Waals surface area contributed by atoms with Gasteiger partial charge in [-0.25, -0.2) is 4.39 Å². The lowest BCUT2D eigenvalue weighted by atomic mass is 9.79. The molecule has 1 amide bonds. The molecule has 0 unspecified atom stereocenters. The van der Waals surface area contributed by atoms with Gasteiger partial charge in [-0.1, -0.05) is 11.6 Å². The Balaban J connectivity index is 2.14. The number of hydrogen-bond donors (Lipinski definition) is 2. The fourth-order valence-corrected chi connectivity index (χ4v) is 3.53. The second-order valence-corrected chi connectivity index (χ2v) is 7.53. The Kier molecular flexibility index (Phi) is 4.31. The first kappa shape index (κ1) is 16.2. The molecule has 2 N–H and O–H groups in total. The van der Waals surface area contributed by atoms with Gasteiger partial charge >= 0.3 is 0 Å². The van der Waals surface area contributed by atoms with Crippen molar-refractivity contribution in [3.05, 3.63) is 34.6 Å². The van der Waals surface area contributed by atoms with E-state index >= 15 is 0 Å². The van der Waals surface area contributed by atoms with Gasteiger partial charge in [0.1, 0.15) is 5.82 Å². The largest absolute Gasteiger partial charge is 0.349 e. The van der Waals surface area contributed by atoms with Gasteiger partial charge in [0.2, 0.25) is 0 Å². The molecule has 1 heterocycles. The molecular weight excluding hydrogens is 291 g/mol. The first-order valence-corrected chi connectivity index (χ1v) is 7.51. The van der Waals surface area contributed by atoms with Crippen LogP contribution in [-0.2, 0) is 0 Å². The molecule has 21 heavy (non-hydrogen) atoms. The number of carbonyl (C=O) groups is 1. The minimum absolute atomic E-state index is 0.00197. The Labute approximate surface area is 130 Å². The summed E-state index contributed by atoms with van der Waals surface area (Å²) in [5, 5.41) is 6.84. The molecule has 3 nitrogen and oxygen atoms in total. The second kappa shape index (κ2) is 5.58. The maximum atomic E-state index is 13.7. The first-order valence-electron chi connectivity index (χ1n) is 7.13. The van der Waals surface area contributed by atoms with Crippen LogP contribution < -0.4 is 10.6 Å². The summed E-state index contributed by atoms with van der Waals surface area (Å²) in [6.07, 6.45) is 1.59. The van der Waals surface area contributed by atoms with Crippen molar-refractivity contribution in [1.29, 1.82) is 0 Å². The Morgan fingerprint density at radius 1 is 1.29 bits per heavy atom. The van der Waals surface area contributed by atoms with E-state index in [4.69, 9.17) is 11.6 Å². The number of halogens is 2. The predicted molar refractivity (Wildman–Crippen MR) is 83.2 cm³/mol. The molecule has 5 heteroatoms. The fraction of sp³-hybridized carbons (Fsp3) is 0.562. The van der Waals surface area contributed by atoms with Crippen molar-refractivity contribution < 1.29 is 9.18 Å². The number of hydrogen-bond acceptors (Lipinski definition) is 2. The molecule has 2 rings (SSSR count). The molecule has 0 bridgehead atoms. The Morgan fingerprint density at radius 3 is 2.43 bits per heavy atom. The molecule has 0 atom stereocenters. The molecule has 0 saturated carbocycles. The monoisotopic (exact) mass is 312 g/mol. The number of piperidine rings is 1. The van der Waals surface area contributed by atoms with E-state index in [0.717, 1.165) is 12.8 Å². The van der Waals surface area contributed by atoms with Gasteiger partial charge in [-0.15, -0.1) is 0 Å². The maximum Gasteiger partial charge on any atom is 0.254 e. The summed E-state index contributed by atoms with van der Waals surface area (Å²) in [6.45, 7) is 8.42. The van der Waals surface area contributed by atoms with Crippen molar-refractivity contribution in [3.63, 3.8) is 0 Å². The van der Waals surface area contributed by atoms with Crippen LogP contribution in [0.2, 0.25) is 5.02 Å². The van der Waals surface area contributed by atoms with Gasteiger partial charge in [0, 0.05) is 22.1 Å². The summed E-state index contributed by atoms with van der Waals surface area (Å²) < 4.78 is 13.7. The van der Waals surface area contributed by atoms with E-state index in [-0.39, 0.29) is 22.7 Å². The van der Waals surface area contributed by atoms with Gasteiger partial charge in [-0.3, -0.25) is 4.79 Å². The van der Waals surface area contributed by atoms with Crippen molar-refractivity contribution in [2.24, 2.45) is 0 Å². The van der Waals surface area contributed by atoms with E-state index in [1.54, 1.807) is 0 Å². The smallest absolute Gasteiger partial charge is 0.254 e. The van der Waals surface area contributed by atoms with E-state index in [1.807, 2.05) is 0 Å². The van der Waals surface area contributed by atoms with Crippen LogP contribution in [0.5, 0.6) is 0 Å². The highest BCUT2D eigenvalue weighted by atomic mass is 35.5. The molecule has 116 valence electrons. The van der Waals surface area contributed by atoms with Crippen molar-refractivity contribution in [2.45, 2.75) is 57.7 Å². The van der Waals surface area contributed by atoms with Crippen LogP contribution in [-0.4, -0.2) is 23.0 Å². The molecule has 0 spiro atoms. The van der Waals surface area contributed by atoms with Crippen molar-refractivity contribution in [1.82, 2.24) is 10.6 Å². The van der Waals surface area contributed by atoms with Crippen molar-refractivity contribution in [2.75, 3.05) is 0 Å². The van der Waals surface area contributed by atoms with E-state index in [2.05, 4.69) is 38.3 Å². The van der Waals surface area contributed by atoms with E-state index in [9.17, 15) is 9.18 Å². The molecule has 0 aliphatic carbocycles. The van der Waals surface area contributed by atoms with Gasteiger partial charge in [0.25, 0.3) is 5.91 Å². The zero-order valence-electron chi connectivity index (χ0n) is 12.9. The third-order valence-electron chi connectivity index (χ3n) is 3.70. The lowest BCUT2D eigenvalue weighted by Crippen LogP contribution is -2.62. The summed E-state index contributed by atoms with van der Waals surface area (Å²) in [7, 11) is 0. The highest BCUT2D eigenvalue weighted by Gasteiger charge is 2.38. The van der Waals surface area contributed by atoms with E-state index < -0.39 is 11.7 Å². The molecule has 1 saturated heterocycles. The van der Waals surface area contributed by atoms with Crippen LogP contribution in [0.4, 0.5) is 4.39 Å². The number of nitrogens with one attached hydrogen (secondary N) is 2. The average molecular weight is 313 g/mol. The average Bonchev–Trinajstić information content (AvgIpc) is 2.27. The molecule has 0 radical (unpaired) electrons. The van der Waals surface area contributed by atoms with Crippen molar-refractivity contribution >= 4 is 17.5 Å². The zero-order valence-corrected chi connectivity index (χ0v) is 13.6. The van der Waals surface area contributed by atoms with Crippen LogP contribution in [0.15, 0.2) is 18.2 Å². The summed E-state index contributed by atoms with van der Waals surface area (Å²) >= 11 is 5.84. The van der Waals surface area contributed by atoms with Crippen LogP contribution in [0, 0.1) is 5.82 Å². The first-order chi connectivity index (χ1) is 9.58. The molecular formula is C16H22ClFN2O. The molecule has 1 aliphatic heterocycles. The molecule has 1 aromatic carbocycles. The van der Waals surface area contributed by atoms with Crippen molar-refractivity contribution in [3.8, 4) is 0 Å². The van der Waals surface area contributed by atoms with E-state index in [1.165, 1.54) is 18.2 Å². The summed E-state index contributed by atoms with van der Waals surface area (Å²) in [6, 6.07) is 4.02. The molecule has 0 aromatic heterocycles. The predicted octanol–water partition coefficient (Wildman–Crippen LogP) is 3.52. The number of rotatable bonds is 2. The normalized spacial score (nSPS) is 21.0. The Bertz CT molecular complexity index is 541. The highest BCUT2D eigenvalue weighted by Crippen LogP contribution is 2.28. The lowest BCUT2D eigenvalue weighted by Gasteiger charge is -2.46. The van der Waals surface area contributed by atoms with Gasteiger partial charge in [-0.05, 0) is 58.7 Å². The maximum absolute atomic E-state index is 13.7. The molecule has 1 aliphatic rings. The van der Waals surface area contributed by atoms with Gasteiger partial charge in [-0.2, -0.15) is 0 Å². The van der Waals surface area contributed by atoms with Gasteiger partial charge < -0.3 is 10.6 Å². The fourth-order valence-electron chi connectivity index (χ4n) is 3.36. The minimum atomic E-state index is -0.552. The Hall–Kier alpha value is -1.13. The third-order valence-corrected chi connectivity index (χ3v) is 3.93. The molecule has 1 aromatic rings. The van der Waals surface area contributed by atoms with Gasteiger partial charge in [0.05, 0.1) is 5.56 Å². The topological polar surface area (TPSA) is 41.1 Å². The minimum Gasteiger partial charge on any atom is -0.349 e. The summed E-state index contributed by atoms with van der Waals surface area (Å²) in [5.41, 5.74) is -0.157. The van der Waals surface area contributed by atoms with Gasteiger partial charge in [0.15, 0.2) is 0 Å². The third kappa shape index (κ3) is 4.17. The Morgan fingerprint density at radius 2 is 1.86 bits per heavy atom. The number of benzene rings is 1. The highest BCUT2D eigenvalue weighted by molar-refractivity contribution is 6.31. The standard InChI is InChI=1S/C16H22ClFN2O/c1-15(2)8-11(9-16(3,4)20-15)19-14(21)12-7-10(17)5-6-13(12)18/h5-7,11,20H,8-9H2,1-4H3,(H,19,21). The summed E-state index contributed by atoms with van der Waals surface area (Å²) in [5.74, 6) is -0.960. The molecule has 1 fully saturated rings. The van der Waals surface area contributed by atoms with Crippen LogP contribution >= 0.6 is 11.6 Å². The van der Waals surface area contributed by atoms with Crippen LogP contribution in [0.3, 0.4) is 0 Å². The second-order valence-electron chi connectivity index (χ2n) is 7.10. The number of carbonyl (C=O) groups excluding carboxylic acids is 1. The van der Waals surface area contributed by atoms with Crippen LogP contribution in [0.25, 0.3) is 0 Å². The quantitative estimate of drug-likeness (QED) is 0.877. The lowest BCUT2D eigenvalue weighted by molar-refractivity contribution is 0.0869. The SMILES string of the molecule is CC1(C)CC(NC(=O)c2cc(Cl)ccc2F)CC(C)(C)N1. The van der Waals surface area contributed by atoms with Crippen LogP contribution in [0.1, 0.15) is 50.9 Å². The number of amides is 1. The zero-order chi connectivity index (χ0) is 15.8. The summed E-state index contributed by atoms with van der Waals surface area (Å²) in [4.78, 5) is 12.3.